The molecule has 2 saturated heterocycles. The van der Waals surface area contributed by atoms with E-state index in [1.165, 1.54) is 7.05 Å². The van der Waals surface area contributed by atoms with Crippen LogP contribution in [-0.4, -0.2) is 93.2 Å². The highest BCUT2D eigenvalue weighted by Crippen LogP contribution is 2.32. The van der Waals surface area contributed by atoms with Gasteiger partial charge in [-0.25, -0.2) is 19.4 Å². The molecule has 0 unspecified atom stereocenters. The summed E-state index contributed by atoms with van der Waals surface area (Å²) in [4.78, 5) is 43.6. The van der Waals surface area contributed by atoms with Crippen molar-refractivity contribution in [2.45, 2.75) is 18.9 Å². The van der Waals surface area contributed by atoms with Crippen molar-refractivity contribution in [2.75, 3.05) is 56.2 Å². The van der Waals surface area contributed by atoms with Gasteiger partial charge in [0.2, 0.25) is 0 Å². The highest BCUT2D eigenvalue weighted by atomic mass is 16.5. The third-order valence-corrected chi connectivity index (χ3v) is 7.53. The molecular formula is C28H30N8O4. The summed E-state index contributed by atoms with van der Waals surface area (Å²) in [6.45, 7) is 3.88. The molecule has 2 amide bonds. The fourth-order valence-corrected chi connectivity index (χ4v) is 5.23. The molecule has 0 bridgehead atoms. The zero-order chi connectivity index (χ0) is 27.6. The number of amides is 2. The maximum atomic E-state index is 12.9. The van der Waals surface area contributed by atoms with Crippen LogP contribution in [0.25, 0.3) is 22.4 Å². The number of carbonyl (C=O) groups excluding carboxylic acids is 1. The van der Waals surface area contributed by atoms with Gasteiger partial charge in [0, 0.05) is 50.7 Å². The first-order chi connectivity index (χ1) is 19.5. The third kappa shape index (κ3) is 4.93. The molecule has 1 aromatic carbocycles. The largest absolute Gasteiger partial charge is 0.465 e. The van der Waals surface area contributed by atoms with E-state index in [4.69, 9.17) is 19.8 Å². The molecule has 40 heavy (non-hydrogen) atoms. The molecule has 206 valence electrons. The zero-order valence-electron chi connectivity index (χ0n) is 22.2. The molecule has 0 saturated carbocycles. The molecule has 6 rings (SSSR count). The molecule has 12 heteroatoms. The number of morpholine rings is 1. The molecule has 2 aliphatic rings. The van der Waals surface area contributed by atoms with Gasteiger partial charge in [-0.05, 0) is 49.2 Å². The number of anilines is 2. The van der Waals surface area contributed by atoms with Crippen molar-refractivity contribution >= 4 is 34.5 Å². The predicted molar refractivity (Wildman–Crippen MR) is 149 cm³/mol. The van der Waals surface area contributed by atoms with Crippen LogP contribution in [0.3, 0.4) is 0 Å². The number of pyridine rings is 1. The maximum absolute atomic E-state index is 12.9. The van der Waals surface area contributed by atoms with Gasteiger partial charge >= 0.3 is 6.09 Å². The lowest BCUT2D eigenvalue weighted by molar-refractivity contribution is 0.0685. The molecule has 0 aliphatic carbocycles. The van der Waals surface area contributed by atoms with Gasteiger partial charge in [-0.2, -0.15) is 5.10 Å². The Morgan fingerprint density at radius 2 is 1.75 bits per heavy atom. The van der Waals surface area contributed by atoms with Gasteiger partial charge in [-0.15, -0.1) is 0 Å². The first-order valence-corrected chi connectivity index (χ1v) is 13.3. The number of fused-ring (bicyclic) bond motifs is 1. The number of rotatable bonds is 5. The number of ether oxygens (including phenoxy) is 1. The number of likely N-dealkylation sites (tertiary alicyclic amines) is 1. The molecule has 0 spiro atoms. The summed E-state index contributed by atoms with van der Waals surface area (Å²) in [6.07, 6.45) is 3.93. The van der Waals surface area contributed by atoms with E-state index in [0.717, 1.165) is 40.2 Å². The maximum Gasteiger partial charge on any atom is 0.411 e. The van der Waals surface area contributed by atoms with Crippen LogP contribution in [0.1, 0.15) is 29.4 Å². The number of carboxylic acid groups (broad SMARTS) is 1. The molecule has 12 nitrogen and oxygen atoms in total. The van der Waals surface area contributed by atoms with E-state index in [9.17, 15) is 14.7 Å². The average Bonchev–Trinajstić information content (AvgIpc) is 3.45. The van der Waals surface area contributed by atoms with Crippen LogP contribution in [0, 0.1) is 0 Å². The molecule has 0 radical (unpaired) electrons. The van der Waals surface area contributed by atoms with Crippen molar-refractivity contribution in [1.82, 2.24) is 29.6 Å². The SMILES string of the molecule is CN(C(=O)O)c1ccc(-c2nc(N3CCOCC3)c3cnn(C4CCN(C(=O)c5ccccn5)CC4)c3n2)cc1. The Morgan fingerprint density at radius 3 is 2.42 bits per heavy atom. The van der Waals surface area contributed by atoms with Gasteiger partial charge in [-0.1, -0.05) is 6.07 Å². The molecule has 0 atom stereocenters. The smallest absolute Gasteiger partial charge is 0.411 e. The van der Waals surface area contributed by atoms with Crippen LogP contribution in [0.15, 0.2) is 54.9 Å². The molecule has 1 N–H and O–H groups in total. The molecule has 5 heterocycles. The Kier molecular flexibility index (Phi) is 6.99. The number of carbonyl (C=O) groups is 2. The van der Waals surface area contributed by atoms with Crippen molar-refractivity contribution in [3.8, 4) is 11.4 Å². The second-order valence-corrected chi connectivity index (χ2v) is 9.92. The Bertz CT molecular complexity index is 1510. The van der Waals surface area contributed by atoms with E-state index >= 15 is 0 Å². The minimum atomic E-state index is -1.03. The van der Waals surface area contributed by atoms with Gasteiger partial charge in [0.15, 0.2) is 11.5 Å². The summed E-state index contributed by atoms with van der Waals surface area (Å²) in [6, 6.07) is 12.6. The highest BCUT2D eigenvalue weighted by Gasteiger charge is 2.28. The fourth-order valence-electron chi connectivity index (χ4n) is 5.23. The number of hydrogen-bond acceptors (Lipinski definition) is 8. The fraction of sp³-hybridized carbons (Fsp3) is 0.357. The Morgan fingerprint density at radius 1 is 1.00 bits per heavy atom. The quantitative estimate of drug-likeness (QED) is 0.404. The summed E-state index contributed by atoms with van der Waals surface area (Å²) in [5, 5.41) is 14.9. The summed E-state index contributed by atoms with van der Waals surface area (Å²) in [5.74, 6) is 1.30. The third-order valence-electron chi connectivity index (χ3n) is 7.53. The monoisotopic (exact) mass is 542 g/mol. The van der Waals surface area contributed by atoms with E-state index < -0.39 is 6.09 Å². The van der Waals surface area contributed by atoms with Crippen LogP contribution in [-0.2, 0) is 4.74 Å². The van der Waals surface area contributed by atoms with Crippen LogP contribution in [0.2, 0.25) is 0 Å². The summed E-state index contributed by atoms with van der Waals surface area (Å²) >= 11 is 0. The van der Waals surface area contributed by atoms with Gasteiger partial charge < -0.3 is 19.6 Å². The Balaban J connectivity index is 1.31. The number of hydrogen-bond donors (Lipinski definition) is 1. The first kappa shape index (κ1) is 25.7. The van der Waals surface area contributed by atoms with Crippen LogP contribution < -0.4 is 9.80 Å². The molecule has 2 fully saturated rings. The van der Waals surface area contributed by atoms with Crippen molar-refractivity contribution in [2.24, 2.45) is 0 Å². The van der Waals surface area contributed by atoms with E-state index in [-0.39, 0.29) is 11.9 Å². The van der Waals surface area contributed by atoms with Crippen molar-refractivity contribution in [1.29, 1.82) is 0 Å². The molecular weight excluding hydrogens is 512 g/mol. The van der Waals surface area contributed by atoms with E-state index in [1.54, 1.807) is 30.5 Å². The lowest BCUT2D eigenvalue weighted by atomic mass is 10.0. The van der Waals surface area contributed by atoms with Crippen LogP contribution >= 0.6 is 0 Å². The lowest BCUT2D eigenvalue weighted by Gasteiger charge is -2.32. The summed E-state index contributed by atoms with van der Waals surface area (Å²) in [7, 11) is 1.50. The van der Waals surface area contributed by atoms with Crippen molar-refractivity contribution in [3.63, 3.8) is 0 Å². The standard InChI is InChI=1S/C28H30N8O4/c1-33(28(38)39)20-7-5-19(6-8-20)24-31-25(34-14-16-40-17-15-34)22-18-30-36(26(22)32-24)21-9-12-35(13-10-21)27(37)23-4-2-3-11-29-23/h2-8,11,18,21H,9-10,12-17H2,1H3,(H,38,39). The second-order valence-electron chi connectivity index (χ2n) is 9.92. The highest BCUT2D eigenvalue weighted by molar-refractivity contribution is 5.92. The molecule has 4 aromatic rings. The Hall–Kier alpha value is -4.58. The average molecular weight is 543 g/mol. The van der Waals surface area contributed by atoms with Gasteiger partial charge in [0.25, 0.3) is 5.91 Å². The predicted octanol–water partition coefficient (Wildman–Crippen LogP) is 3.32. The topological polar surface area (TPSA) is 130 Å². The minimum absolute atomic E-state index is 0.0550. The number of piperidine rings is 1. The minimum Gasteiger partial charge on any atom is -0.465 e. The van der Waals surface area contributed by atoms with Gasteiger partial charge in [-0.3, -0.25) is 14.7 Å². The molecule has 3 aromatic heterocycles. The van der Waals surface area contributed by atoms with E-state index in [1.807, 2.05) is 34.0 Å². The van der Waals surface area contributed by atoms with E-state index in [0.29, 0.717) is 56.6 Å². The van der Waals surface area contributed by atoms with Crippen LogP contribution in [0.4, 0.5) is 16.3 Å². The number of aromatic nitrogens is 5. The summed E-state index contributed by atoms with van der Waals surface area (Å²) in [5.41, 5.74) is 2.54. The van der Waals surface area contributed by atoms with Crippen molar-refractivity contribution < 1.29 is 19.4 Å². The zero-order valence-corrected chi connectivity index (χ0v) is 22.2. The van der Waals surface area contributed by atoms with Gasteiger partial charge in [0.1, 0.15) is 11.5 Å². The molecule has 2 aliphatic heterocycles. The first-order valence-electron chi connectivity index (χ1n) is 13.3. The number of benzene rings is 1. The second kappa shape index (κ2) is 10.9. The lowest BCUT2D eigenvalue weighted by Crippen LogP contribution is -2.39. The summed E-state index contributed by atoms with van der Waals surface area (Å²) < 4.78 is 7.54. The van der Waals surface area contributed by atoms with Crippen LogP contribution in [0.5, 0.6) is 0 Å². The van der Waals surface area contributed by atoms with E-state index in [2.05, 4.69) is 9.88 Å². The Labute approximate surface area is 230 Å². The van der Waals surface area contributed by atoms with Gasteiger partial charge in [0.05, 0.1) is 30.8 Å². The van der Waals surface area contributed by atoms with Crippen molar-refractivity contribution in [3.05, 3.63) is 60.6 Å². The normalized spacial score (nSPS) is 16.3. The number of nitrogens with zero attached hydrogens (tertiary/aromatic N) is 8.